The highest BCUT2D eigenvalue weighted by Gasteiger charge is 2.46. The van der Waals surface area contributed by atoms with Gasteiger partial charge in [0.25, 0.3) is 0 Å². The summed E-state index contributed by atoms with van der Waals surface area (Å²) in [6.45, 7) is 19.7. The fourth-order valence-corrected chi connectivity index (χ4v) is 12.3. The first-order valence-corrected chi connectivity index (χ1v) is 30.5. The van der Waals surface area contributed by atoms with Crippen LogP contribution in [0, 0.1) is 11.8 Å². The topological polar surface area (TPSA) is 271 Å². The number of aromatic nitrogens is 4. The van der Waals surface area contributed by atoms with Crippen LogP contribution in [0.4, 0.5) is 19.2 Å². The van der Waals surface area contributed by atoms with Crippen molar-refractivity contribution in [2.24, 2.45) is 11.8 Å². The fraction of sp³-hybridized carbons (Fsp3) is 0.455. The molecule has 0 saturated carbocycles. The average Bonchev–Trinajstić information content (AvgIpc) is 2.01. The van der Waals surface area contributed by atoms with Crippen molar-refractivity contribution in [3.63, 3.8) is 0 Å². The molecule has 6 atom stereocenters. The molecule has 0 radical (unpaired) electrons. The number of nitrogens with one attached hydrogen (secondary N) is 4. The molecule has 2 aromatic heterocycles. The highest BCUT2D eigenvalue weighted by atomic mass is 16.7. The van der Waals surface area contributed by atoms with Gasteiger partial charge in [0.2, 0.25) is 25.4 Å². The van der Waals surface area contributed by atoms with E-state index in [-0.39, 0.29) is 63.2 Å². The molecule has 0 aliphatic carbocycles. The number of fused-ring (bicyclic) bond motifs is 4. The molecule has 90 heavy (non-hydrogen) atoms. The summed E-state index contributed by atoms with van der Waals surface area (Å²) in [6.07, 6.45) is 0.145. The van der Waals surface area contributed by atoms with E-state index in [2.05, 4.69) is 20.6 Å². The minimum absolute atomic E-state index is 0.0656. The van der Waals surface area contributed by atoms with Crippen molar-refractivity contribution in [2.75, 3.05) is 26.7 Å². The van der Waals surface area contributed by atoms with Gasteiger partial charge in [-0.15, -0.1) is 0 Å². The van der Waals surface area contributed by atoms with E-state index in [1.165, 1.54) is 0 Å². The van der Waals surface area contributed by atoms with Crippen LogP contribution in [-0.2, 0) is 54.7 Å². The summed E-state index contributed by atoms with van der Waals surface area (Å²) in [7, 11) is 0. The lowest BCUT2D eigenvalue weighted by Gasteiger charge is -2.31. The SMILES string of the molecule is CC(C)[C@H](NC(=O)OC(C)(C)C)C(=O)N1C[C@H](OC(=O)N2Cc3cc4c(cc3C2)OCO4)C[C@H]1c1nc(-c2ccc(-c3ccc(-c4cnc([C@@H]5C[C@@H](OC(=O)N6Cc7cc8c(cc7C6)OCO8)CN5C(=O)[C@@H](NC(=O)OC(C)(C)C)C(C)C)[nH]4)cc3)cc2)c[nH]1. The second kappa shape index (κ2) is 24.1. The molecule has 4 N–H and O–H groups in total. The van der Waals surface area contributed by atoms with Gasteiger partial charge in [0.1, 0.15) is 47.1 Å². The molecule has 4 aromatic carbocycles. The summed E-state index contributed by atoms with van der Waals surface area (Å²) >= 11 is 0. The Hall–Kier alpha value is -9.48. The Bertz CT molecular complexity index is 3430. The Balaban J connectivity index is 0.729. The number of hydrogen-bond acceptors (Lipinski definition) is 16. The monoisotopic (exact) mass is 1230 g/mol. The molecule has 24 heteroatoms. The molecule has 24 nitrogen and oxygen atoms in total. The lowest BCUT2D eigenvalue weighted by atomic mass is 10.0. The van der Waals surface area contributed by atoms with E-state index in [0.29, 0.717) is 72.2 Å². The van der Waals surface area contributed by atoms with E-state index < -0.39 is 72.0 Å². The lowest BCUT2D eigenvalue weighted by Crippen LogP contribution is -2.52. The number of hydrogen-bond donors (Lipinski definition) is 4. The van der Waals surface area contributed by atoms with E-state index in [4.69, 9.17) is 47.9 Å². The fourth-order valence-electron chi connectivity index (χ4n) is 12.3. The quantitative estimate of drug-likeness (QED) is 0.0783. The van der Waals surface area contributed by atoms with E-state index >= 15 is 0 Å². The molecule has 12 rings (SSSR count). The van der Waals surface area contributed by atoms with Gasteiger partial charge in [-0.05, 0) is 117 Å². The predicted molar refractivity (Wildman–Crippen MR) is 325 cm³/mol. The largest absolute Gasteiger partial charge is 0.454 e. The Labute approximate surface area is 521 Å². The van der Waals surface area contributed by atoms with Gasteiger partial charge in [0, 0.05) is 50.8 Å². The Morgan fingerprint density at radius 1 is 0.556 bits per heavy atom. The Kier molecular flexibility index (Phi) is 16.3. The number of benzene rings is 4. The molecule has 474 valence electrons. The Morgan fingerprint density at radius 3 is 1.34 bits per heavy atom. The summed E-state index contributed by atoms with van der Waals surface area (Å²) in [5, 5.41) is 5.59. The van der Waals surface area contributed by atoms with Gasteiger partial charge >= 0.3 is 24.4 Å². The van der Waals surface area contributed by atoms with Gasteiger partial charge in [0.15, 0.2) is 23.0 Å². The highest BCUT2D eigenvalue weighted by Crippen LogP contribution is 2.42. The molecule has 6 amide bonds. The van der Waals surface area contributed by atoms with E-state index in [0.717, 1.165) is 44.5 Å². The number of likely N-dealkylation sites (tertiary alicyclic amines) is 2. The summed E-state index contributed by atoms with van der Waals surface area (Å²) in [4.78, 5) is 106. The smallest absolute Gasteiger partial charge is 0.410 e. The zero-order valence-electron chi connectivity index (χ0n) is 52.2. The maximum absolute atomic E-state index is 14.7. The molecule has 6 aromatic rings. The standard InChI is InChI=1S/C66H76N10O14/c1-35(2)55(71-61(79)89-65(5,6)7)59(77)75-31-45(87-63(81)73-27-41-19-51-52(84-33-83-51)20-42(41)28-73)23-49(75)57-67-25-47(69-57)39-15-11-37(12-16-39)38-13-17-40(18-14-38)48-26-68-58(70-48)50-24-46(32-76(50)60(78)56(36(3)4)72-62(80)90-66(8,9)10)88-64(82)74-29-43-21-53-54(86-34-85-53)22-44(43)30-74/h11-22,25-26,35-36,45-46,49-50,55-56H,23-24,27-34H2,1-10H3,(H,67,69)(H,68,70)(H,71,79)(H,72,80)/t45-,46-,49+,50+,55+,56+/m1/s1. The number of carbonyl (C=O) groups excluding carboxylic acids is 6. The maximum Gasteiger partial charge on any atom is 0.410 e. The van der Waals surface area contributed by atoms with Crippen LogP contribution in [-0.4, -0.2) is 138 Å². The first-order chi connectivity index (χ1) is 42.9. The van der Waals surface area contributed by atoms with Crippen molar-refractivity contribution in [1.82, 2.24) is 50.2 Å². The van der Waals surface area contributed by atoms with Crippen LogP contribution in [0.3, 0.4) is 0 Å². The number of ether oxygens (including phenoxy) is 8. The van der Waals surface area contributed by atoms with Crippen LogP contribution in [0.1, 0.15) is 128 Å². The van der Waals surface area contributed by atoms with Crippen LogP contribution in [0.5, 0.6) is 23.0 Å². The zero-order chi connectivity index (χ0) is 63.5. The molecule has 6 aliphatic heterocycles. The van der Waals surface area contributed by atoms with Crippen LogP contribution >= 0.6 is 0 Å². The van der Waals surface area contributed by atoms with Gasteiger partial charge < -0.3 is 68.3 Å². The first kappa shape index (κ1) is 60.8. The van der Waals surface area contributed by atoms with Crippen LogP contribution in [0.15, 0.2) is 85.2 Å². The van der Waals surface area contributed by atoms with Gasteiger partial charge in [0.05, 0.1) is 42.8 Å². The molecule has 6 aliphatic rings. The second-order valence-electron chi connectivity index (χ2n) is 26.4. The lowest BCUT2D eigenvalue weighted by molar-refractivity contribution is -0.136. The van der Waals surface area contributed by atoms with Crippen molar-refractivity contribution in [2.45, 2.75) is 156 Å². The van der Waals surface area contributed by atoms with Gasteiger partial charge in [-0.2, -0.15) is 0 Å². The highest BCUT2D eigenvalue weighted by molar-refractivity contribution is 5.88. The summed E-state index contributed by atoms with van der Waals surface area (Å²) in [5.41, 5.74) is 7.07. The van der Waals surface area contributed by atoms with E-state index in [1.54, 1.807) is 73.5 Å². The number of H-pyrrole nitrogens is 2. The van der Waals surface area contributed by atoms with Gasteiger partial charge in [-0.1, -0.05) is 76.2 Å². The number of amides is 6. The molecule has 8 heterocycles. The van der Waals surface area contributed by atoms with E-state index in [9.17, 15) is 28.8 Å². The molecule has 0 bridgehead atoms. The molecule has 0 spiro atoms. The molecule has 0 unspecified atom stereocenters. The number of carbonyl (C=O) groups is 6. The van der Waals surface area contributed by atoms with Crippen molar-refractivity contribution in [3.05, 3.63) is 119 Å². The van der Waals surface area contributed by atoms with Crippen molar-refractivity contribution in [1.29, 1.82) is 0 Å². The summed E-state index contributed by atoms with van der Waals surface area (Å²) in [5.74, 6) is 2.17. The molecular weight excluding hydrogens is 1160 g/mol. The maximum atomic E-state index is 14.7. The molecular formula is C66H76N10O14. The Morgan fingerprint density at radius 2 is 0.944 bits per heavy atom. The van der Waals surface area contributed by atoms with Crippen molar-refractivity contribution in [3.8, 4) is 56.6 Å². The van der Waals surface area contributed by atoms with Crippen molar-refractivity contribution >= 4 is 36.2 Å². The van der Waals surface area contributed by atoms with Crippen LogP contribution < -0.4 is 29.6 Å². The normalized spacial score (nSPS) is 19.6. The van der Waals surface area contributed by atoms with E-state index in [1.807, 2.05) is 100 Å². The average molecular weight is 1230 g/mol. The molecule has 2 fully saturated rings. The minimum Gasteiger partial charge on any atom is -0.454 e. The zero-order valence-corrected chi connectivity index (χ0v) is 52.2. The number of aromatic amines is 2. The number of rotatable bonds is 13. The summed E-state index contributed by atoms with van der Waals surface area (Å²) in [6, 6.07) is 20.3. The summed E-state index contributed by atoms with van der Waals surface area (Å²) < 4.78 is 45.7. The van der Waals surface area contributed by atoms with Crippen LogP contribution in [0.2, 0.25) is 0 Å². The molecule has 2 saturated heterocycles. The third kappa shape index (κ3) is 13.0. The minimum atomic E-state index is -0.952. The predicted octanol–water partition coefficient (Wildman–Crippen LogP) is 10.3. The third-order valence-corrected chi connectivity index (χ3v) is 16.7. The number of alkyl carbamates (subject to hydrolysis) is 2. The second-order valence-corrected chi connectivity index (χ2v) is 26.4. The van der Waals surface area contributed by atoms with Crippen LogP contribution in [0.25, 0.3) is 33.6 Å². The van der Waals surface area contributed by atoms with Gasteiger partial charge in [-0.3, -0.25) is 19.4 Å². The third-order valence-electron chi connectivity index (χ3n) is 16.7. The number of imidazole rings is 2. The first-order valence-electron chi connectivity index (χ1n) is 30.5. The van der Waals surface area contributed by atoms with Gasteiger partial charge in [-0.25, -0.2) is 29.1 Å². The van der Waals surface area contributed by atoms with Crippen molar-refractivity contribution < 1.29 is 66.7 Å². The number of nitrogens with zero attached hydrogens (tertiary/aromatic N) is 6.